The largest absolute Gasteiger partial charge is 0.465 e. The SMILES string of the molecule is COC(=O)c1ccc(NCCOC2CCCC2)nc1C. The quantitative estimate of drug-likeness (QED) is 0.640. The molecule has 110 valence electrons. The van der Waals surface area contributed by atoms with Crippen LogP contribution in [0.1, 0.15) is 41.7 Å². The number of hydrogen-bond acceptors (Lipinski definition) is 5. The highest BCUT2D eigenvalue weighted by atomic mass is 16.5. The monoisotopic (exact) mass is 278 g/mol. The standard InChI is InChI=1S/C15H22N2O3/c1-11-13(15(18)19-2)7-8-14(17-11)16-9-10-20-12-5-3-4-6-12/h7-8,12H,3-6,9-10H2,1-2H3,(H,16,17). The Morgan fingerprint density at radius 1 is 1.40 bits per heavy atom. The van der Waals surface area contributed by atoms with Crippen molar-refractivity contribution in [3.8, 4) is 0 Å². The highest BCUT2D eigenvalue weighted by Gasteiger charge is 2.14. The van der Waals surface area contributed by atoms with E-state index in [1.54, 1.807) is 19.1 Å². The molecule has 0 bridgehead atoms. The van der Waals surface area contributed by atoms with E-state index in [0.717, 1.165) is 12.4 Å². The molecule has 0 amide bonds. The first-order valence-corrected chi connectivity index (χ1v) is 7.12. The predicted octanol–water partition coefficient (Wildman–Crippen LogP) is 2.55. The average Bonchev–Trinajstić information content (AvgIpc) is 2.96. The molecule has 5 nitrogen and oxygen atoms in total. The second kappa shape index (κ2) is 7.24. The van der Waals surface area contributed by atoms with Gasteiger partial charge in [0.2, 0.25) is 0 Å². The van der Waals surface area contributed by atoms with Crippen molar-refractivity contribution in [3.63, 3.8) is 0 Å². The number of rotatable bonds is 6. The number of aryl methyl sites for hydroxylation is 1. The topological polar surface area (TPSA) is 60.5 Å². The molecular weight excluding hydrogens is 256 g/mol. The maximum Gasteiger partial charge on any atom is 0.339 e. The van der Waals surface area contributed by atoms with Crippen LogP contribution < -0.4 is 5.32 Å². The molecule has 0 saturated heterocycles. The van der Waals surface area contributed by atoms with Crippen LogP contribution in [0.25, 0.3) is 0 Å². The van der Waals surface area contributed by atoms with E-state index >= 15 is 0 Å². The summed E-state index contributed by atoms with van der Waals surface area (Å²) in [5.74, 6) is 0.399. The summed E-state index contributed by atoms with van der Waals surface area (Å²) in [5, 5.41) is 3.21. The van der Waals surface area contributed by atoms with E-state index in [1.807, 2.05) is 0 Å². The Morgan fingerprint density at radius 3 is 2.80 bits per heavy atom. The van der Waals surface area contributed by atoms with Crippen LogP contribution in [-0.2, 0) is 9.47 Å². The van der Waals surface area contributed by atoms with Gasteiger partial charge in [-0.2, -0.15) is 0 Å². The number of pyridine rings is 1. The molecule has 0 aromatic carbocycles. The van der Waals surface area contributed by atoms with Crippen molar-refractivity contribution in [3.05, 3.63) is 23.4 Å². The van der Waals surface area contributed by atoms with Crippen molar-refractivity contribution in [2.24, 2.45) is 0 Å². The Morgan fingerprint density at radius 2 is 2.15 bits per heavy atom. The van der Waals surface area contributed by atoms with Gasteiger partial charge in [-0.1, -0.05) is 12.8 Å². The fourth-order valence-electron chi connectivity index (χ4n) is 2.44. The van der Waals surface area contributed by atoms with Crippen molar-refractivity contribution in [1.82, 2.24) is 4.98 Å². The van der Waals surface area contributed by atoms with E-state index in [0.29, 0.717) is 24.0 Å². The maximum atomic E-state index is 11.5. The van der Waals surface area contributed by atoms with E-state index in [-0.39, 0.29) is 5.97 Å². The van der Waals surface area contributed by atoms with E-state index in [1.165, 1.54) is 32.8 Å². The van der Waals surface area contributed by atoms with Crippen LogP contribution in [-0.4, -0.2) is 37.3 Å². The molecule has 5 heteroatoms. The van der Waals surface area contributed by atoms with Crippen LogP contribution in [0.5, 0.6) is 0 Å². The summed E-state index contributed by atoms with van der Waals surface area (Å²) in [7, 11) is 1.37. The van der Waals surface area contributed by atoms with E-state index in [2.05, 4.69) is 10.3 Å². The molecule has 0 unspecified atom stereocenters. The summed E-state index contributed by atoms with van der Waals surface area (Å²) in [6, 6.07) is 3.52. The molecule has 2 rings (SSSR count). The Labute approximate surface area is 119 Å². The van der Waals surface area contributed by atoms with Gasteiger partial charge < -0.3 is 14.8 Å². The first kappa shape index (κ1) is 14.8. The van der Waals surface area contributed by atoms with Crippen molar-refractivity contribution in [2.45, 2.75) is 38.7 Å². The first-order chi connectivity index (χ1) is 9.70. The molecule has 0 spiro atoms. The summed E-state index contributed by atoms with van der Waals surface area (Å²) in [6.07, 6.45) is 5.38. The highest BCUT2D eigenvalue weighted by Crippen LogP contribution is 2.20. The number of hydrogen-bond donors (Lipinski definition) is 1. The van der Waals surface area contributed by atoms with Crippen molar-refractivity contribution in [1.29, 1.82) is 0 Å². The predicted molar refractivity (Wildman–Crippen MR) is 77.0 cm³/mol. The van der Waals surface area contributed by atoms with E-state index in [9.17, 15) is 4.79 Å². The Kier molecular flexibility index (Phi) is 5.35. The lowest BCUT2D eigenvalue weighted by Crippen LogP contribution is -2.16. The van der Waals surface area contributed by atoms with Gasteiger partial charge in [0.1, 0.15) is 5.82 Å². The van der Waals surface area contributed by atoms with Crippen LogP contribution in [0.2, 0.25) is 0 Å². The zero-order valence-corrected chi connectivity index (χ0v) is 12.1. The average molecular weight is 278 g/mol. The molecule has 1 aromatic rings. The number of esters is 1. The van der Waals surface area contributed by atoms with Gasteiger partial charge in [-0.15, -0.1) is 0 Å². The fourth-order valence-corrected chi connectivity index (χ4v) is 2.44. The minimum absolute atomic E-state index is 0.355. The van der Waals surface area contributed by atoms with Crippen LogP contribution in [0, 0.1) is 6.92 Å². The number of aromatic nitrogens is 1. The lowest BCUT2D eigenvalue weighted by atomic mass is 10.2. The Bertz CT molecular complexity index is 456. The molecule has 20 heavy (non-hydrogen) atoms. The minimum atomic E-state index is -0.355. The zero-order chi connectivity index (χ0) is 14.4. The Balaban J connectivity index is 1.78. The molecule has 1 aromatic heterocycles. The van der Waals surface area contributed by atoms with Crippen LogP contribution in [0.4, 0.5) is 5.82 Å². The molecule has 0 radical (unpaired) electrons. The molecular formula is C15H22N2O3. The number of nitrogens with zero attached hydrogens (tertiary/aromatic N) is 1. The number of nitrogens with one attached hydrogen (secondary N) is 1. The van der Waals surface area contributed by atoms with Gasteiger partial charge >= 0.3 is 5.97 Å². The third-order valence-corrected chi connectivity index (χ3v) is 3.56. The van der Waals surface area contributed by atoms with Gasteiger partial charge in [-0.3, -0.25) is 0 Å². The van der Waals surface area contributed by atoms with Crippen molar-refractivity contribution >= 4 is 11.8 Å². The Hall–Kier alpha value is -1.62. The third-order valence-electron chi connectivity index (χ3n) is 3.56. The summed E-state index contributed by atoms with van der Waals surface area (Å²) in [4.78, 5) is 15.8. The molecule has 1 saturated carbocycles. The maximum absolute atomic E-state index is 11.5. The molecule has 1 aliphatic rings. The summed E-state index contributed by atoms with van der Waals surface area (Å²) >= 11 is 0. The lowest BCUT2D eigenvalue weighted by Gasteiger charge is -2.12. The summed E-state index contributed by atoms with van der Waals surface area (Å²) in [6.45, 7) is 3.21. The van der Waals surface area contributed by atoms with Gasteiger partial charge in [0.25, 0.3) is 0 Å². The minimum Gasteiger partial charge on any atom is -0.465 e. The molecule has 1 heterocycles. The second-order valence-electron chi connectivity index (χ2n) is 5.03. The van der Waals surface area contributed by atoms with Gasteiger partial charge in [0.15, 0.2) is 0 Å². The van der Waals surface area contributed by atoms with E-state index in [4.69, 9.17) is 9.47 Å². The number of methoxy groups -OCH3 is 1. The van der Waals surface area contributed by atoms with Crippen molar-refractivity contribution in [2.75, 3.05) is 25.6 Å². The van der Waals surface area contributed by atoms with Gasteiger partial charge in [0.05, 0.1) is 31.1 Å². The van der Waals surface area contributed by atoms with Gasteiger partial charge in [0, 0.05) is 6.54 Å². The van der Waals surface area contributed by atoms with Crippen LogP contribution >= 0.6 is 0 Å². The number of anilines is 1. The van der Waals surface area contributed by atoms with Gasteiger partial charge in [-0.25, -0.2) is 9.78 Å². The van der Waals surface area contributed by atoms with Crippen LogP contribution in [0.3, 0.4) is 0 Å². The molecule has 1 aliphatic carbocycles. The molecule has 1 fully saturated rings. The lowest BCUT2D eigenvalue weighted by molar-refractivity contribution is 0.0599. The van der Waals surface area contributed by atoms with Gasteiger partial charge in [-0.05, 0) is 31.9 Å². The number of ether oxygens (including phenoxy) is 2. The van der Waals surface area contributed by atoms with Crippen LogP contribution in [0.15, 0.2) is 12.1 Å². The van der Waals surface area contributed by atoms with Crippen molar-refractivity contribution < 1.29 is 14.3 Å². The molecule has 1 N–H and O–H groups in total. The molecule has 0 atom stereocenters. The second-order valence-corrected chi connectivity index (χ2v) is 5.03. The zero-order valence-electron chi connectivity index (χ0n) is 12.1. The fraction of sp³-hybridized carbons (Fsp3) is 0.600. The first-order valence-electron chi connectivity index (χ1n) is 7.12. The number of carbonyl (C=O) groups excluding carboxylic acids is 1. The third kappa shape index (κ3) is 3.93. The normalized spacial score (nSPS) is 15.3. The highest BCUT2D eigenvalue weighted by molar-refractivity contribution is 5.90. The molecule has 0 aliphatic heterocycles. The number of carbonyl (C=O) groups is 1. The van der Waals surface area contributed by atoms with E-state index < -0.39 is 0 Å². The smallest absolute Gasteiger partial charge is 0.339 e. The summed E-state index contributed by atoms with van der Waals surface area (Å²) in [5.41, 5.74) is 1.17. The summed E-state index contributed by atoms with van der Waals surface area (Å²) < 4.78 is 10.5.